The molecule has 0 aliphatic carbocycles. The van der Waals surface area contributed by atoms with Crippen LogP contribution in [-0.2, 0) is 7.05 Å². The molecule has 6 nitrogen and oxygen atoms in total. The standard InChI is InChI=1S/C11H17N5O/c1-6(10-7(2)15-17-8(10)3)13-11-9(12)5-16(4)14-11/h5-6H,12H2,1-4H3,(H,13,14). The van der Waals surface area contributed by atoms with Crippen LogP contribution in [0.5, 0.6) is 0 Å². The van der Waals surface area contributed by atoms with Gasteiger partial charge in [-0.2, -0.15) is 5.10 Å². The second kappa shape index (κ2) is 4.12. The maximum atomic E-state index is 5.83. The van der Waals surface area contributed by atoms with E-state index in [2.05, 4.69) is 15.6 Å². The Morgan fingerprint density at radius 3 is 2.65 bits per heavy atom. The number of hydrogen-bond donors (Lipinski definition) is 2. The summed E-state index contributed by atoms with van der Waals surface area (Å²) >= 11 is 0. The molecule has 6 heteroatoms. The van der Waals surface area contributed by atoms with E-state index in [1.54, 1.807) is 10.9 Å². The number of anilines is 2. The lowest BCUT2D eigenvalue weighted by molar-refractivity contribution is 0.392. The second-order valence-electron chi connectivity index (χ2n) is 4.21. The van der Waals surface area contributed by atoms with Gasteiger partial charge in [0.2, 0.25) is 0 Å². The van der Waals surface area contributed by atoms with Crippen LogP contribution in [0.1, 0.15) is 30.0 Å². The van der Waals surface area contributed by atoms with Gasteiger partial charge < -0.3 is 15.6 Å². The lowest BCUT2D eigenvalue weighted by Crippen LogP contribution is -2.10. The molecule has 2 aromatic heterocycles. The summed E-state index contributed by atoms with van der Waals surface area (Å²) in [6, 6.07) is 0.0541. The molecular weight excluding hydrogens is 218 g/mol. The Bertz CT molecular complexity index is 508. The van der Waals surface area contributed by atoms with Crippen molar-refractivity contribution in [2.24, 2.45) is 7.05 Å². The van der Waals surface area contributed by atoms with E-state index in [0.29, 0.717) is 11.5 Å². The van der Waals surface area contributed by atoms with Crippen LogP contribution in [0.4, 0.5) is 11.5 Å². The first-order chi connectivity index (χ1) is 7.99. The lowest BCUT2D eigenvalue weighted by atomic mass is 10.1. The zero-order chi connectivity index (χ0) is 12.6. The minimum Gasteiger partial charge on any atom is -0.394 e. The van der Waals surface area contributed by atoms with E-state index in [0.717, 1.165) is 17.0 Å². The molecular formula is C11H17N5O. The molecule has 0 aliphatic heterocycles. The van der Waals surface area contributed by atoms with Crippen LogP contribution in [0.25, 0.3) is 0 Å². The summed E-state index contributed by atoms with van der Waals surface area (Å²) in [5.74, 6) is 1.50. The van der Waals surface area contributed by atoms with E-state index in [1.165, 1.54) is 0 Å². The summed E-state index contributed by atoms with van der Waals surface area (Å²) in [6.45, 7) is 5.85. The number of nitrogens with zero attached hydrogens (tertiary/aromatic N) is 3. The van der Waals surface area contributed by atoms with Crippen molar-refractivity contribution >= 4 is 11.5 Å². The van der Waals surface area contributed by atoms with Crippen LogP contribution >= 0.6 is 0 Å². The Hall–Kier alpha value is -1.98. The van der Waals surface area contributed by atoms with Gasteiger partial charge in [0.25, 0.3) is 0 Å². The largest absolute Gasteiger partial charge is 0.394 e. The summed E-state index contributed by atoms with van der Waals surface area (Å²) in [5.41, 5.74) is 8.40. The fraction of sp³-hybridized carbons (Fsp3) is 0.455. The highest BCUT2D eigenvalue weighted by atomic mass is 16.5. The number of aromatic nitrogens is 3. The molecule has 0 radical (unpaired) electrons. The minimum absolute atomic E-state index is 0.0541. The van der Waals surface area contributed by atoms with E-state index >= 15 is 0 Å². The van der Waals surface area contributed by atoms with Gasteiger partial charge in [0.15, 0.2) is 5.82 Å². The van der Waals surface area contributed by atoms with Gasteiger partial charge in [-0.15, -0.1) is 0 Å². The Balaban J connectivity index is 2.22. The molecule has 1 atom stereocenters. The molecule has 3 N–H and O–H groups in total. The van der Waals surface area contributed by atoms with Gasteiger partial charge in [-0.3, -0.25) is 4.68 Å². The summed E-state index contributed by atoms with van der Waals surface area (Å²) in [6.07, 6.45) is 1.77. The van der Waals surface area contributed by atoms with E-state index < -0.39 is 0 Å². The third kappa shape index (κ3) is 2.11. The molecule has 2 heterocycles. The summed E-state index contributed by atoms with van der Waals surface area (Å²) in [4.78, 5) is 0. The lowest BCUT2D eigenvalue weighted by Gasteiger charge is -2.13. The van der Waals surface area contributed by atoms with Gasteiger partial charge in [-0.25, -0.2) is 0 Å². The summed E-state index contributed by atoms with van der Waals surface area (Å²) < 4.78 is 6.82. The van der Waals surface area contributed by atoms with Gasteiger partial charge in [0, 0.05) is 18.8 Å². The van der Waals surface area contributed by atoms with Crippen molar-refractivity contribution in [1.29, 1.82) is 0 Å². The number of nitrogens with two attached hydrogens (primary N) is 1. The monoisotopic (exact) mass is 235 g/mol. The van der Waals surface area contributed by atoms with Crippen LogP contribution in [0.2, 0.25) is 0 Å². The van der Waals surface area contributed by atoms with Crippen LogP contribution in [-0.4, -0.2) is 14.9 Å². The molecule has 0 bridgehead atoms. The molecule has 1 unspecified atom stereocenters. The first-order valence-electron chi connectivity index (χ1n) is 5.47. The normalized spacial score (nSPS) is 12.7. The van der Waals surface area contributed by atoms with Crippen molar-refractivity contribution in [2.45, 2.75) is 26.8 Å². The Morgan fingerprint density at radius 1 is 1.47 bits per heavy atom. The van der Waals surface area contributed by atoms with Crippen molar-refractivity contribution in [1.82, 2.24) is 14.9 Å². The van der Waals surface area contributed by atoms with Crippen molar-refractivity contribution in [2.75, 3.05) is 11.1 Å². The minimum atomic E-state index is 0.0541. The second-order valence-corrected chi connectivity index (χ2v) is 4.21. The molecule has 0 amide bonds. The highest BCUT2D eigenvalue weighted by molar-refractivity contribution is 5.60. The first-order valence-corrected chi connectivity index (χ1v) is 5.47. The van der Waals surface area contributed by atoms with Crippen LogP contribution in [0.15, 0.2) is 10.7 Å². The first kappa shape index (κ1) is 11.5. The van der Waals surface area contributed by atoms with Crippen molar-refractivity contribution in [3.63, 3.8) is 0 Å². The Labute approximate surface area is 99.8 Å². The maximum absolute atomic E-state index is 5.83. The molecule has 2 aromatic rings. The van der Waals surface area contributed by atoms with Crippen molar-refractivity contribution in [3.8, 4) is 0 Å². The van der Waals surface area contributed by atoms with E-state index in [9.17, 15) is 0 Å². The topological polar surface area (TPSA) is 81.9 Å². The van der Waals surface area contributed by atoms with E-state index in [1.807, 2.05) is 27.8 Å². The van der Waals surface area contributed by atoms with Crippen LogP contribution in [0.3, 0.4) is 0 Å². The van der Waals surface area contributed by atoms with Crippen molar-refractivity contribution < 1.29 is 4.52 Å². The zero-order valence-corrected chi connectivity index (χ0v) is 10.5. The molecule has 0 saturated carbocycles. The fourth-order valence-corrected chi connectivity index (χ4v) is 2.00. The predicted molar refractivity (Wildman–Crippen MR) is 65.6 cm³/mol. The van der Waals surface area contributed by atoms with Gasteiger partial charge in [-0.1, -0.05) is 5.16 Å². The fourth-order valence-electron chi connectivity index (χ4n) is 2.00. The highest BCUT2D eigenvalue weighted by Crippen LogP contribution is 2.26. The smallest absolute Gasteiger partial charge is 0.171 e. The number of nitrogens with one attached hydrogen (secondary N) is 1. The zero-order valence-electron chi connectivity index (χ0n) is 10.5. The quantitative estimate of drug-likeness (QED) is 0.847. The average Bonchev–Trinajstić information content (AvgIpc) is 2.71. The predicted octanol–water partition coefficient (Wildman–Crippen LogP) is 1.78. The highest BCUT2D eigenvalue weighted by Gasteiger charge is 2.17. The number of hydrogen-bond acceptors (Lipinski definition) is 5. The summed E-state index contributed by atoms with van der Waals surface area (Å²) in [7, 11) is 1.84. The Morgan fingerprint density at radius 2 is 2.18 bits per heavy atom. The molecule has 2 rings (SSSR count). The number of nitrogen functional groups attached to an aromatic ring is 1. The van der Waals surface area contributed by atoms with E-state index in [-0.39, 0.29) is 6.04 Å². The molecule has 0 saturated heterocycles. The van der Waals surface area contributed by atoms with Gasteiger partial charge in [0.1, 0.15) is 5.76 Å². The molecule has 17 heavy (non-hydrogen) atoms. The average molecular weight is 235 g/mol. The molecule has 92 valence electrons. The van der Waals surface area contributed by atoms with Crippen LogP contribution < -0.4 is 11.1 Å². The van der Waals surface area contributed by atoms with Gasteiger partial charge in [-0.05, 0) is 20.8 Å². The number of rotatable bonds is 3. The Kier molecular flexibility index (Phi) is 2.79. The van der Waals surface area contributed by atoms with Crippen molar-refractivity contribution in [3.05, 3.63) is 23.2 Å². The molecule has 0 aliphatic rings. The van der Waals surface area contributed by atoms with Gasteiger partial charge >= 0.3 is 0 Å². The van der Waals surface area contributed by atoms with Gasteiger partial charge in [0.05, 0.1) is 17.4 Å². The molecule has 0 spiro atoms. The SMILES string of the molecule is Cc1noc(C)c1C(C)Nc1nn(C)cc1N. The third-order valence-corrected chi connectivity index (χ3v) is 2.73. The van der Waals surface area contributed by atoms with Crippen LogP contribution in [0, 0.1) is 13.8 Å². The molecule has 0 fully saturated rings. The maximum Gasteiger partial charge on any atom is 0.171 e. The third-order valence-electron chi connectivity index (χ3n) is 2.73. The number of aryl methyl sites for hydroxylation is 3. The molecule has 0 aromatic carbocycles. The summed E-state index contributed by atoms with van der Waals surface area (Å²) in [5, 5.41) is 11.4. The van der Waals surface area contributed by atoms with E-state index in [4.69, 9.17) is 10.3 Å².